The van der Waals surface area contributed by atoms with Crippen LogP contribution in [-0.2, 0) is 9.59 Å². The highest BCUT2D eigenvalue weighted by Gasteiger charge is 2.34. The lowest BCUT2D eigenvalue weighted by molar-refractivity contribution is -0.122. The molecule has 2 amide bonds. The predicted octanol–water partition coefficient (Wildman–Crippen LogP) is 3.51. The van der Waals surface area contributed by atoms with E-state index in [-0.39, 0.29) is 0 Å². The van der Waals surface area contributed by atoms with Crippen molar-refractivity contribution in [3.63, 3.8) is 0 Å². The van der Waals surface area contributed by atoms with Gasteiger partial charge in [-0.05, 0) is 18.2 Å². The Labute approximate surface area is 151 Å². The van der Waals surface area contributed by atoms with E-state index >= 15 is 0 Å². The summed E-state index contributed by atoms with van der Waals surface area (Å²) in [5.74, 6) is -0.0740. The monoisotopic (exact) mass is 396 g/mol. The first-order valence-electron chi connectivity index (χ1n) is 7.60. The molecule has 0 unspecified atom stereocenters. The summed E-state index contributed by atoms with van der Waals surface area (Å²) in [7, 11) is 1.60. The van der Waals surface area contributed by atoms with E-state index in [2.05, 4.69) is 26.2 Å². The molecule has 1 aromatic heterocycles. The van der Waals surface area contributed by atoms with Gasteiger partial charge in [0.15, 0.2) is 0 Å². The second-order valence-corrected chi connectivity index (χ2v) is 6.48. The highest BCUT2D eigenvalue weighted by molar-refractivity contribution is 9.10. The lowest BCUT2D eigenvalue weighted by Gasteiger charge is -2.06. The first-order valence-corrected chi connectivity index (χ1v) is 8.40. The summed E-state index contributed by atoms with van der Waals surface area (Å²) in [5, 5.41) is 3.26. The van der Waals surface area contributed by atoms with Crippen molar-refractivity contribution >= 4 is 49.8 Å². The zero-order valence-corrected chi connectivity index (χ0v) is 14.8. The molecule has 0 aliphatic carbocycles. The van der Waals surface area contributed by atoms with E-state index in [1.165, 1.54) is 0 Å². The number of carbonyl (C=O) groups is 2. The van der Waals surface area contributed by atoms with E-state index in [9.17, 15) is 9.59 Å². The van der Waals surface area contributed by atoms with Gasteiger partial charge < -0.3 is 9.72 Å². The number of halogens is 1. The Morgan fingerprint density at radius 1 is 0.960 bits per heavy atom. The van der Waals surface area contributed by atoms with Crippen LogP contribution in [0, 0.1) is 0 Å². The maximum atomic E-state index is 12.5. The van der Waals surface area contributed by atoms with Crippen LogP contribution in [0.2, 0.25) is 0 Å². The molecule has 2 N–H and O–H groups in total. The minimum absolute atomic E-state index is 0.369. The van der Waals surface area contributed by atoms with Gasteiger partial charge in [-0.2, -0.15) is 0 Å². The molecule has 2 aromatic carbocycles. The highest BCUT2D eigenvalue weighted by Crippen LogP contribution is 2.37. The van der Waals surface area contributed by atoms with Gasteiger partial charge in [0.25, 0.3) is 11.8 Å². The Morgan fingerprint density at radius 3 is 2.40 bits per heavy atom. The topological polar surface area (TPSA) is 71.2 Å². The number of rotatable bonds is 3. The number of nitrogens with one attached hydrogen (secondary N) is 2. The third-order valence-electron chi connectivity index (χ3n) is 4.23. The van der Waals surface area contributed by atoms with Crippen molar-refractivity contribution in [2.45, 2.75) is 0 Å². The number of ether oxygens (including phenoxy) is 1. The molecular weight excluding hydrogens is 384 g/mol. The Bertz CT molecular complexity index is 1070. The summed E-state index contributed by atoms with van der Waals surface area (Å²) >= 11 is 3.46. The zero-order valence-electron chi connectivity index (χ0n) is 13.2. The Balaban J connectivity index is 1.99. The fourth-order valence-electron chi connectivity index (χ4n) is 3.07. The fourth-order valence-corrected chi connectivity index (χ4v) is 3.56. The van der Waals surface area contributed by atoms with Crippen LogP contribution in [-0.4, -0.2) is 23.9 Å². The molecule has 2 heterocycles. The molecule has 0 saturated heterocycles. The van der Waals surface area contributed by atoms with Gasteiger partial charge in [0.1, 0.15) is 5.75 Å². The molecule has 0 fully saturated rings. The van der Waals surface area contributed by atoms with Crippen LogP contribution in [0.25, 0.3) is 22.0 Å². The van der Waals surface area contributed by atoms with Crippen molar-refractivity contribution in [2.24, 2.45) is 0 Å². The van der Waals surface area contributed by atoms with Crippen LogP contribution in [0.15, 0.2) is 53.1 Å². The second kappa shape index (κ2) is 5.89. The van der Waals surface area contributed by atoms with Gasteiger partial charge in [0.2, 0.25) is 0 Å². The van der Waals surface area contributed by atoms with Gasteiger partial charge >= 0.3 is 0 Å². The molecule has 25 heavy (non-hydrogen) atoms. The smallest absolute Gasteiger partial charge is 0.259 e. The SMILES string of the molecule is COc1ccc2c(C3=C(c4ccccc4Br)C(=O)NC3=O)c[nH]c2c1. The molecule has 0 atom stereocenters. The maximum Gasteiger partial charge on any atom is 0.259 e. The number of methoxy groups -OCH3 is 1. The Morgan fingerprint density at radius 2 is 1.68 bits per heavy atom. The lowest BCUT2D eigenvalue weighted by atomic mass is 9.96. The number of aromatic nitrogens is 1. The van der Waals surface area contributed by atoms with Crippen molar-refractivity contribution < 1.29 is 14.3 Å². The molecule has 3 aromatic rings. The number of aromatic amines is 1. The number of hydrogen-bond acceptors (Lipinski definition) is 3. The van der Waals surface area contributed by atoms with Crippen molar-refractivity contribution in [3.05, 3.63) is 64.3 Å². The maximum absolute atomic E-state index is 12.5. The largest absolute Gasteiger partial charge is 0.497 e. The molecule has 4 rings (SSSR count). The number of fused-ring (bicyclic) bond motifs is 1. The van der Waals surface area contributed by atoms with E-state index in [4.69, 9.17) is 4.74 Å². The first-order chi connectivity index (χ1) is 12.1. The summed E-state index contributed by atoms with van der Waals surface area (Å²) in [5.41, 5.74) is 2.94. The summed E-state index contributed by atoms with van der Waals surface area (Å²) in [6, 6.07) is 12.9. The van der Waals surface area contributed by atoms with Crippen LogP contribution in [0.1, 0.15) is 11.1 Å². The number of hydrogen-bond donors (Lipinski definition) is 2. The number of benzene rings is 2. The number of carbonyl (C=O) groups excluding carboxylic acids is 2. The molecular formula is C19H13BrN2O3. The van der Waals surface area contributed by atoms with Crippen LogP contribution in [0.5, 0.6) is 5.75 Å². The quantitative estimate of drug-likeness (QED) is 0.665. The summed E-state index contributed by atoms with van der Waals surface area (Å²) in [4.78, 5) is 28.1. The Hall–Kier alpha value is -2.86. The molecule has 1 aliphatic heterocycles. The molecule has 0 bridgehead atoms. The Kier molecular flexibility index (Phi) is 3.69. The van der Waals surface area contributed by atoms with Crippen LogP contribution in [0.3, 0.4) is 0 Å². The van der Waals surface area contributed by atoms with Gasteiger partial charge in [-0.15, -0.1) is 0 Å². The molecule has 1 aliphatic rings. The van der Waals surface area contributed by atoms with Crippen LogP contribution in [0.4, 0.5) is 0 Å². The first kappa shape index (κ1) is 15.7. The van der Waals surface area contributed by atoms with E-state index in [1.807, 2.05) is 42.5 Å². The molecule has 5 nitrogen and oxygen atoms in total. The summed E-state index contributed by atoms with van der Waals surface area (Å²) < 4.78 is 5.99. The minimum Gasteiger partial charge on any atom is -0.497 e. The molecule has 6 heteroatoms. The third-order valence-corrected chi connectivity index (χ3v) is 4.92. The van der Waals surface area contributed by atoms with Crippen LogP contribution < -0.4 is 10.1 Å². The average Bonchev–Trinajstić information content (AvgIpc) is 3.14. The van der Waals surface area contributed by atoms with E-state index in [0.717, 1.165) is 15.4 Å². The van der Waals surface area contributed by atoms with Crippen molar-refractivity contribution in [1.29, 1.82) is 0 Å². The number of imide groups is 1. The predicted molar refractivity (Wildman–Crippen MR) is 99.0 cm³/mol. The van der Waals surface area contributed by atoms with Crippen LogP contribution >= 0.6 is 15.9 Å². The minimum atomic E-state index is -0.396. The molecule has 0 radical (unpaired) electrons. The van der Waals surface area contributed by atoms with Gasteiger partial charge in [0.05, 0.1) is 18.3 Å². The zero-order chi connectivity index (χ0) is 17.6. The molecule has 0 spiro atoms. The number of H-pyrrole nitrogens is 1. The normalized spacial score (nSPS) is 14.3. The lowest BCUT2D eigenvalue weighted by Crippen LogP contribution is -2.22. The molecule has 0 saturated carbocycles. The summed E-state index contributed by atoms with van der Waals surface area (Å²) in [6.45, 7) is 0. The van der Waals surface area contributed by atoms with E-state index in [0.29, 0.717) is 28.0 Å². The average molecular weight is 397 g/mol. The van der Waals surface area contributed by atoms with Gasteiger partial charge in [-0.3, -0.25) is 14.9 Å². The second-order valence-electron chi connectivity index (χ2n) is 5.63. The van der Waals surface area contributed by atoms with Gasteiger partial charge in [-0.1, -0.05) is 34.1 Å². The van der Waals surface area contributed by atoms with Gasteiger partial charge in [-0.25, -0.2) is 0 Å². The standard InChI is InChI=1S/C19H13BrN2O3/c1-25-10-6-7-11-13(9-21-15(11)8-10)17-16(18(23)22-19(17)24)12-4-2-3-5-14(12)20/h2-9,21H,1H3,(H,22,23,24). The molecule has 124 valence electrons. The van der Waals surface area contributed by atoms with E-state index in [1.54, 1.807) is 13.3 Å². The third kappa shape index (κ3) is 2.46. The number of amides is 2. The fraction of sp³-hybridized carbons (Fsp3) is 0.0526. The van der Waals surface area contributed by atoms with Crippen molar-refractivity contribution in [1.82, 2.24) is 10.3 Å². The van der Waals surface area contributed by atoms with Gasteiger partial charge in [0, 0.05) is 38.8 Å². The highest BCUT2D eigenvalue weighted by atomic mass is 79.9. The van der Waals surface area contributed by atoms with Crippen molar-refractivity contribution in [2.75, 3.05) is 7.11 Å². The van der Waals surface area contributed by atoms with E-state index < -0.39 is 11.8 Å². The van der Waals surface area contributed by atoms with Crippen molar-refractivity contribution in [3.8, 4) is 5.75 Å². The summed E-state index contributed by atoms with van der Waals surface area (Å²) in [6.07, 6.45) is 1.74.